The Morgan fingerprint density at radius 2 is 1.55 bits per heavy atom. The molecule has 0 saturated heterocycles. The lowest BCUT2D eigenvalue weighted by Crippen LogP contribution is -2.29. The monoisotopic (exact) mass is 271 g/mol. The molecular formula is C17H21NO2. The van der Waals surface area contributed by atoms with Gasteiger partial charge in [0.15, 0.2) is 11.5 Å². The zero-order chi connectivity index (χ0) is 14.4. The molecule has 20 heavy (non-hydrogen) atoms. The predicted octanol–water partition coefficient (Wildman–Crippen LogP) is 3.55. The van der Waals surface area contributed by atoms with E-state index in [0.29, 0.717) is 6.61 Å². The minimum atomic E-state index is -0.196. The number of para-hydroxylation sites is 2. The van der Waals surface area contributed by atoms with E-state index < -0.39 is 0 Å². The van der Waals surface area contributed by atoms with Crippen LogP contribution in [0, 0.1) is 0 Å². The molecule has 3 heteroatoms. The first kappa shape index (κ1) is 14.4. The molecule has 0 bridgehead atoms. The third-order valence-electron chi connectivity index (χ3n) is 3.01. The van der Waals surface area contributed by atoms with Gasteiger partial charge in [-0.25, -0.2) is 0 Å². The average Bonchev–Trinajstić information content (AvgIpc) is 2.47. The van der Waals surface area contributed by atoms with Gasteiger partial charge in [0.05, 0.1) is 6.61 Å². The molecule has 0 radical (unpaired) electrons. The van der Waals surface area contributed by atoms with Crippen LogP contribution in [0.3, 0.4) is 0 Å². The molecule has 2 aromatic carbocycles. The minimum absolute atomic E-state index is 0.118. The highest BCUT2D eigenvalue weighted by atomic mass is 16.5. The van der Waals surface area contributed by atoms with Crippen LogP contribution < -0.4 is 15.2 Å². The number of rotatable bonds is 6. The molecule has 0 aliphatic carbocycles. The van der Waals surface area contributed by atoms with Crippen molar-refractivity contribution in [2.24, 2.45) is 5.73 Å². The van der Waals surface area contributed by atoms with Gasteiger partial charge in [-0.3, -0.25) is 0 Å². The molecule has 0 aliphatic rings. The molecular weight excluding hydrogens is 250 g/mol. The molecule has 2 aromatic rings. The fourth-order valence-electron chi connectivity index (χ4n) is 2.08. The van der Waals surface area contributed by atoms with Crippen molar-refractivity contribution >= 4 is 0 Å². The van der Waals surface area contributed by atoms with Crippen LogP contribution in [0.4, 0.5) is 0 Å². The van der Waals surface area contributed by atoms with Crippen molar-refractivity contribution in [1.29, 1.82) is 0 Å². The van der Waals surface area contributed by atoms with Crippen molar-refractivity contribution in [3.8, 4) is 11.5 Å². The van der Waals surface area contributed by atoms with E-state index >= 15 is 0 Å². The standard InChI is InChI=1S/C17H21NO2/c1-3-19-15-11-7-8-12-16(15)20-17(13(2)18)14-9-5-4-6-10-14/h4-13,17H,3,18H2,1-2H3. The second-order valence-electron chi connectivity index (χ2n) is 4.69. The first-order valence-electron chi connectivity index (χ1n) is 6.91. The van der Waals surface area contributed by atoms with E-state index in [1.807, 2.05) is 68.4 Å². The van der Waals surface area contributed by atoms with Gasteiger partial charge in [-0.15, -0.1) is 0 Å². The highest BCUT2D eigenvalue weighted by Gasteiger charge is 2.19. The summed E-state index contributed by atoms with van der Waals surface area (Å²) < 4.78 is 11.7. The summed E-state index contributed by atoms with van der Waals surface area (Å²) in [5, 5.41) is 0. The van der Waals surface area contributed by atoms with Crippen molar-refractivity contribution < 1.29 is 9.47 Å². The van der Waals surface area contributed by atoms with Crippen molar-refractivity contribution in [2.45, 2.75) is 26.0 Å². The molecule has 0 spiro atoms. The SMILES string of the molecule is CCOc1ccccc1OC(c1ccccc1)C(C)N. The molecule has 3 nitrogen and oxygen atoms in total. The van der Waals surface area contributed by atoms with Crippen LogP contribution in [0.5, 0.6) is 11.5 Å². The number of nitrogens with two attached hydrogens (primary N) is 1. The Hall–Kier alpha value is -2.00. The fourth-order valence-corrected chi connectivity index (χ4v) is 2.08. The molecule has 0 amide bonds. The summed E-state index contributed by atoms with van der Waals surface area (Å²) in [6.45, 7) is 4.51. The maximum absolute atomic E-state index is 6.10. The Morgan fingerprint density at radius 1 is 0.950 bits per heavy atom. The molecule has 0 aliphatic heterocycles. The van der Waals surface area contributed by atoms with Gasteiger partial charge in [-0.1, -0.05) is 42.5 Å². The van der Waals surface area contributed by atoms with Gasteiger partial charge in [0.2, 0.25) is 0 Å². The van der Waals surface area contributed by atoms with Crippen LogP contribution in [0.15, 0.2) is 54.6 Å². The molecule has 0 saturated carbocycles. The van der Waals surface area contributed by atoms with Gasteiger partial charge in [-0.2, -0.15) is 0 Å². The Kier molecular flexibility index (Phi) is 5.02. The predicted molar refractivity (Wildman–Crippen MR) is 81.1 cm³/mol. The summed E-state index contributed by atoms with van der Waals surface area (Å²) in [6, 6.07) is 17.6. The van der Waals surface area contributed by atoms with Crippen molar-refractivity contribution in [2.75, 3.05) is 6.61 Å². The van der Waals surface area contributed by atoms with Crippen LogP contribution in [-0.2, 0) is 0 Å². The molecule has 0 aromatic heterocycles. The van der Waals surface area contributed by atoms with E-state index in [1.165, 1.54) is 0 Å². The first-order chi connectivity index (χ1) is 9.72. The van der Waals surface area contributed by atoms with Gasteiger partial charge in [-0.05, 0) is 31.5 Å². The van der Waals surface area contributed by atoms with Crippen LogP contribution in [0.2, 0.25) is 0 Å². The van der Waals surface area contributed by atoms with E-state index in [-0.39, 0.29) is 12.1 Å². The van der Waals surface area contributed by atoms with Gasteiger partial charge < -0.3 is 15.2 Å². The molecule has 0 heterocycles. The maximum Gasteiger partial charge on any atom is 0.162 e. The Morgan fingerprint density at radius 3 is 2.15 bits per heavy atom. The normalized spacial score (nSPS) is 13.6. The zero-order valence-corrected chi connectivity index (χ0v) is 12.0. The Labute approximate surface area is 120 Å². The lowest BCUT2D eigenvalue weighted by atomic mass is 10.0. The average molecular weight is 271 g/mol. The number of hydrogen-bond acceptors (Lipinski definition) is 3. The summed E-state index contributed by atoms with van der Waals surface area (Å²) in [7, 11) is 0. The summed E-state index contributed by atoms with van der Waals surface area (Å²) in [6.07, 6.45) is -0.196. The van der Waals surface area contributed by atoms with Gasteiger partial charge >= 0.3 is 0 Å². The lowest BCUT2D eigenvalue weighted by Gasteiger charge is -2.24. The highest BCUT2D eigenvalue weighted by molar-refractivity contribution is 5.40. The number of benzene rings is 2. The van der Waals surface area contributed by atoms with Gasteiger partial charge in [0, 0.05) is 6.04 Å². The topological polar surface area (TPSA) is 44.5 Å². The van der Waals surface area contributed by atoms with Gasteiger partial charge in [0.25, 0.3) is 0 Å². The highest BCUT2D eigenvalue weighted by Crippen LogP contribution is 2.32. The second-order valence-corrected chi connectivity index (χ2v) is 4.69. The molecule has 0 fully saturated rings. The second kappa shape index (κ2) is 6.96. The number of ether oxygens (including phenoxy) is 2. The van der Waals surface area contributed by atoms with Gasteiger partial charge in [0.1, 0.15) is 6.10 Å². The maximum atomic E-state index is 6.10. The van der Waals surface area contributed by atoms with Crippen LogP contribution in [0.25, 0.3) is 0 Å². The molecule has 2 N–H and O–H groups in total. The van der Waals surface area contributed by atoms with Crippen molar-refractivity contribution in [3.63, 3.8) is 0 Å². The van der Waals surface area contributed by atoms with E-state index in [1.54, 1.807) is 0 Å². The van der Waals surface area contributed by atoms with E-state index in [0.717, 1.165) is 17.1 Å². The first-order valence-corrected chi connectivity index (χ1v) is 6.91. The summed E-state index contributed by atoms with van der Waals surface area (Å²) >= 11 is 0. The molecule has 2 atom stereocenters. The van der Waals surface area contributed by atoms with Crippen molar-refractivity contribution in [3.05, 3.63) is 60.2 Å². The molecule has 106 valence electrons. The minimum Gasteiger partial charge on any atom is -0.490 e. The van der Waals surface area contributed by atoms with E-state index in [9.17, 15) is 0 Å². The summed E-state index contributed by atoms with van der Waals surface area (Å²) in [4.78, 5) is 0. The summed E-state index contributed by atoms with van der Waals surface area (Å²) in [5.41, 5.74) is 7.14. The van der Waals surface area contributed by atoms with Crippen LogP contribution in [-0.4, -0.2) is 12.6 Å². The van der Waals surface area contributed by atoms with Crippen LogP contribution >= 0.6 is 0 Å². The van der Waals surface area contributed by atoms with Crippen molar-refractivity contribution in [1.82, 2.24) is 0 Å². The Bertz CT molecular complexity index is 526. The molecule has 2 unspecified atom stereocenters. The molecule has 2 rings (SSSR count). The third kappa shape index (κ3) is 3.52. The number of hydrogen-bond donors (Lipinski definition) is 1. The van der Waals surface area contributed by atoms with E-state index in [4.69, 9.17) is 15.2 Å². The lowest BCUT2D eigenvalue weighted by molar-refractivity contribution is 0.170. The zero-order valence-electron chi connectivity index (χ0n) is 12.0. The quantitative estimate of drug-likeness (QED) is 0.873. The smallest absolute Gasteiger partial charge is 0.162 e. The third-order valence-corrected chi connectivity index (χ3v) is 3.01. The van der Waals surface area contributed by atoms with E-state index in [2.05, 4.69) is 0 Å². The van der Waals surface area contributed by atoms with Crippen LogP contribution in [0.1, 0.15) is 25.5 Å². The summed E-state index contributed by atoms with van der Waals surface area (Å²) in [5.74, 6) is 1.47. The fraction of sp³-hybridized carbons (Fsp3) is 0.294. The Balaban J connectivity index is 2.25. The largest absolute Gasteiger partial charge is 0.490 e.